The van der Waals surface area contributed by atoms with E-state index >= 15 is 0 Å². The van der Waals surface area contributed by atoms with E-state index < -0.39 is 72.5 Å². The first-order valence-electron chi connectivity index (χ1n) is 28.0. The van der Waals surface area contributed by atoms with Crippen LogP contribution in [0.15, 0.2) is 85.1 Å². The molecule has 0 bridgehead atoms. The van der Waals surface area contributed by atoms with Gasteiger partial charge in [-0.15, -0.1) is 0 Å². The average Bonchev–Trinajstić information content (AvgIpc) is 3.78. The number of hydrogen-bond donors (Lipinski definition) is 6. The summed E-state index contributed by atoms with van der Waals surface area (Å²) in [6, 6.07) is 23.2. The van der Waals surface area contributed by atoms with Crippen molar-refractivity contribution < 1.29 is 81.2 Å². The van der Waals surface area contributed by atoms with Crippen molar-refractivity contribution in [3.63, 3.8) is 0 Å². The fourth-order valence-electron chi connectivity index (χ4n) is 6.82. The summed E-state index contributed by atoms with van der Waals surface area (Å²) < 4.78 is 24.1. The number of methoxy groups -OCH3 is 1. The number of hydrogen-bond acceptors (Lipinski definition) is 13. The third-order valence-electron chi connectivity index (χ3n) is 11.1. The first-order chi connectivity index (χ1) is 39.1. The van der Waals surface area contributed by atoms with E-state index in [2.05, 4.69) is 71.6 Å². The van der Waals surface area contributed by atoms with Gasteiger partial charge in [0.25, 0.3) is 0 Å². The van der Waals surface area contributed by atoms with E-state index in [4.69, 9.17) is 35.0 Å². The van der Waals surface area contributed by atoms with Gasteiger partial charge in [-0.1, -0.05) is 75.7 Å². The molecule has 6 N–H and O–H groups in total. The minimum absolute atomic E-state index is 0. The number of halogens is 1. The Bertz CT molecular complexity index is 2560. The van der Waals surface area contributed by atoms with Gasteiger partial charge in [-0.25, -0.2) is 9.59 Å². The molecule has 0 radical (unpaired) electrons. The van der Waals surface area contributed by atoms with Gasteiger partial charge in [0.05, 0.1) is 31.1 Å². The summed E-state index contributed by atoms with van der Waals surface area (Å²) in [5.41, 5.74) is 3.19. The molecule has 0 saturated heterocycles. The fraction of sp³-hybridized carbons (Fsp3) is 0.541. The zero-order chi connectivity index (χ0) is 63.1. The number of alkyl halides is 1. The Hall–Kier alpha value is -5.74. The molecule has 0 aliphatic carbocycles. The van der Waals surface area contributed by atoms with Crippen LogP contribution < -0.4 is 29.7 Å². The number of rotatable bonds is 25. The van der Waals surface area contributed by atoms with Crippen LogP contribution in [-0.4, -0.2) is 142 Å². The van der Waals surface area contributed by atoms with E-state index in [-0.39, 0.29) is 91.3 Å². The summed E-state index contributed by atoms with van der Waals surface area (Å²) in [6.45, 7) is 24.4. The number of para-hydroxylation sites is 1. The second kappa shape index (κ2) is 44.7. The number of carbonyl (C=O) groups excluding carboxylic acids is 7. The van der Waals surface area contributed by atoms with Crippen LogP contribution >= 0.6 is 21.6 Å². The van der Waals surface area contributed by atoms with Gasteiger partial charge in [0, 0.05) is 59.1 Å². The molecule has 3 aromatic carbocycles. The number of unbranched alkanes of at least 4 members (excludes halogenated alkanes) is 2. The Balaban J connectivity index is 0. The van der Waals surface area contributed by atoms with Crippen molar-refractivity contribution in [3.8, 4) is 5.75 Å². The molecule has 2 unspecified atom stereocenters. The Morgan fingerprint density at radius 1 is 0.738 bits per heavy atom. The SMILES string of the molecule is CC.CCCCNC(=O)OC(C)(C)C.CCCC[IH]Oc1ccc(C)cc1.COC(C)CC(=O)N[C@@H](Cc1ccccc1)C(=O)N(C)C(CC[S-])C(=O)NCC(=O)NCC(=O)NCC(=O)O.Cc1cn(C(=O)OC(C)(C)C)c2ccccc12.[Pd]. The maximum absolute atomic E-state index is 13.5. The van der Waals surface area contributed by atoms with Crippen molar-refractivity contribution in [2.75, 3.05) is 50.5 Å². The molecule has 3 atom stereocenters. The number of benzene rings is 3. The molecule has 4 aromatic rings. The minimum Gasteiger partial charge on any atom is -0.793 e. The summed E-state index contributed by atoms with van der Waals surface area (Å²) in [6.07, 6.45) is 5.82. The predicted molar refractivity (Wildman–Crippen MR) is 339 cm³/mol. The van der Waals surface area contributed by atoms with Crippen molar-refractivity contribution in [1.29, 1.82) is 0 Å². The van der Waals surface area contributed by atoms with E-state index in [0.29, 0.717) is 6.54 Å². The molecule has 1 aromatic heterocycles. The number of aromatic nitrogens is 1. The molecule has 0 aliphatic heterocycles. The van der Waals surface area contributed by atoms with E-state index in [1.54, 1.807) is 11.5 Å². The molecule has 0 saturated carbocycles. The third-order valence-corrected chi connectivity index (χ3v) is 13.5. The van der Waals surface area contributed by atoms with Crippen LogP contribution in [0.25, 0.3) is 10.9 Å². The van der Waals surface area contributed by atoms with Crippen molar-refractivity contribution in [3.05, 3.63) is 102 Å². The molecule has 0 fully saturated rings. The summed E-state index contributed by atoms with van der Waals surface area (Å²) >= 11 is 4.80. The van der Waals surface area contributed by atoms with Crippen LogP contribution in [0, 0.1) is 13.8 Å². The molecule has 84 heavy (non-hydrogen) atoms. The van der Waals surface area contributed by atoms with Crippen LogP contribution in [0.3, 0.4) is 0 Å². The van der Waals surface area contributed by atoms with Crippen molar-refractivity contribution >= 4 is 92.8 Å². The zero-order valence-electron chi connectivity index (χ0n) is 51.9. The summed E-state index contributed by atoms with van der Waals surface area (Å²) in [5.74, 6) is -2.99. The van der Waals surface area contributed by atoms with Gasteiger partial charge in [-0.2, -0.15) is 5.75 Å². The summed E-state index contributed by atoms with van der Waals surface area (Å²) in [4.78, 5) is 97.2. The van der Waals surface area contributed by atoms with Crippen LogP contribution in [-0.2, 0) is 82.5 Å². The van der Waals surface area contributed by atoms with Gasteiger partial charge in [-0.3, -0.25) is 33.3 Å². The first-order valence-corrected chi connectivity index (χ1v) is 31.2. The maximum atomic E-state index is 13.5. The second-order valence-electron chi connectivity index (χ2n) is 20.7. The van der Waals surface area contributed by atoms with Gasteiger partial charge in [0.1, 0.15) is 29.8 Å². The number of aryl methyl sites for hydroxylation is 2. The Morgan fingerprint density at radius 2 is 1.30 bits per heavy atom. The molecule has 23 heteroatoms. The van der Waals surface area contributed by atoms with Crippen LogP contribution in [0.4, 0.5) is 9.59 Å². The quantitative estimate of drug-likeness (QED) is 0.0119. The number of carboxylic acid groups (broad SMARTS) is 1. The number of carbonyl (C=O) groups is 8. The first kappa shape index (κ1) is 80.3. The van der Waals surface area contributed by atoms with Crippen LogP contribution in [0.1, 0.15) is 131 Å². The number of carboxylic acids is 1. The van der Waals surface area contributed by atoms with Gasteiger partial charge in [0.15, 0.2) is 0 Å². The number of alkyl carbamates (subject to hydrolysis) is 1. The van der Waals surface area contributed by atoms with Crippen LogP contribution in [0.5, 0.6) is 5.75 Å². The van der Waals surface area contributed by atoms with Crippen molar-refractivity contribution in [1.82, 2.24) is 36.1 Å². The van der Waals surface area contributed by atoms with Crippen molar-refractivity contribution in [2.45, 2.75) is 164 Å². The number of amides is 6. The molecule has 476 valence electrons. The van der Waals surface area contributed by atoms with E-state index in [1.807, 2.05) is 123 Å². The predicted octanol–water partition coefficient (Wildman–Crippen LogP) is 9.20. The van der Waals surface area contributed by atoms with E-state index in [0.717, 1.165) is 40.6 Å². The zero-order valence-corrected chi connectivity index (χ0v) is 56.6. The largest absolute Gasteiger partial charge is 0.793 e. The smallest absolute Gasteiger partial charge is 0.418 e. The van der Waals surface area contributed by atoms with Crippen molar-refractivity contribution in [2.24, 2.45) is 0 Å². The fourth-order valence-corrected chi connectivity index (χ4v) is 9.15. The molecular formula is C61H95IN7O13PdS-. The van der Waals surface area contributed by atoms with Gasteiger partial charge >= 0.3 is 110 Å². The Morgan fingerprint density at radius 3 is 1.85 bits per heavy atom. The summed E-state index contributed by atoms with van der Waals surface area (Å²) in [7, 11) is 2.90. The standard InChI is InChI=1S/C25H37N5O8S.C14H17NO2.C11H17IO.C9H19NO2.C2H6.Pd/c1-16(38-3)11-20(31)29-18(12-17-7-5-4-6-8-17)25(37)30(2)19(9-10-39)24(36)28-14-22(33)26-13-21(32)27-15-23(34)35;1-10-9-15(13(16)17-14(2,3)4)12-8-6-5-7-11(10)12;1-3-4-9-12-13-11-7-5-10(2)6-8-11;1-5-6-7-10-8(11)12-9(2,3)4;1-2;/h4-8,16,18-19,39H,9-15H2,1-3H3,(H,26,33)(H,27,32)(H,28,36)(H,29,31)(H,34,35);5-9H,1-4H3;5-8,12H,3-4,9H2,1-2H3;5-7H2,1-4H3,(H,10,11);1-2H3;/p-1/t16?,18-,19?;;;;;/m0...../s1. The molecular weight excluding hydrogens is 1300 g/mol. The molecule has 0 aliphatic rings. The van der Waals surface area contributed by atoms with Crippen LogP contribution in [0.2, 0.25) is 0 Å². The van der Waals surface area contributed by atoms with E-state index in [9.17, 15) is 38.4 Å². The third kappa shape index (κ3) is 36.9. The number of nitrogens with one attached hydrogen (secondary N) is 5. The number of aliphatic carboxylic acids is 1. The maximum Gasteiger partial charge on any atom is 0.418 e. The number of likely N-dealkylation sites (N-methyl/N-ethyl adjacent to an activating group) is 1. The number of ether oxygens (including phenoxy) is 3. The topological polar surface area (TPSA) is 262 Å². The monoisotopic (exact) mass is 1400 g/mol. The average molecular weight is 1400 g/mol. The van der Waals surface area contributed by atoms with Gasteiger partial charge < -0.3 is 63.4 Å². The molecule has 1 heterocycles. The van der Waals surface area contributed by atoms with Gasteiger partial charge in [0.2, 0.25) is 29.5 Å². The molecule has 0 spiro atoms. The second-order valence-corrected chi connectivity index (χ2v) is 23.4. The molecule has 20 nitrogen and oxygen atoms in total. The number of nitrogens with zero attached hydrogens (tertiary/aromatic N) is 2. The molecule has 4 rings (SSSR count). The summed E-state index contributed by atoms with van der Waals surface area (Å²) in [5, 5.41) is 21.8. The normalized spacial score (nSPS) is 11.6. The number of fused-ring (bicyclic) bond motifs is 1. The van der Waals surface area contributed by atoms with E-state index in [1.165, 1.54) is 41.9 Å². The Labute approximate surface area is 529 Å². The van der Waals surface area contributed by atoms with Gasteiger partial charge in [-0.05, 0) is 85.4 Å². The molecule has 6 amide bonds. The Kier molecular flexibility index (Phi) is 42.7. The minimum atomic E-state index is -1.23.